The van der Waals surface area contributed by atoms with Crippen LogP contribution in [0.2, 0.25) is 0 Å². The first-order valence-electron chi connectivity index (χ1n) is 4.70. The van der Waals surface area contributed by atoms with Gasteiger partial charge in [0.15, 0.2) is 0 Å². The number of carbonyl (C=O) groups excluding carboxylic acids is 1. The zero-order valence-electron chi connectivity index (χ0n) is 7.58. The summed E-state index contributed by atoms with van der Waals surface area (Å²) in [6.45, 7) is 0.693. The van der Waals surface area contributed by atoms with Crippen LogP contribution in [-0.4, -0.2) is 18.5 Å². The predicted molar refractivity (Wildman–Crippen MR) is 54.8 cm³/mol. The average molecular weight is 186 g/mol. The van der Waals surface area contributed by atoms with Crippen LogP contribution in [-0.2, 0) is 4.79 Å². The van der Waals surface area contributed by atoms with Crippen molar-refractivity contribution in [3.8, 4) is 0 Å². The maximum atomic E-state index is 11.4. The second-order valence-electron chi connectivity index (χ2n) is 3.59. The van der Waals surface area contributed by atoms with Crippen LogP contribution in [0.5, 0.6) is 0 Å². The molecule has 1 aromatic rings. The normalized spacial score (nSPS) is 23.0. The molecule has 3 heteroatoms. The van der Waals surface area contributed by atoms with Crippen molar-refractivity contribution in [1.29, 1.82) is 0 Å². The molecule has 14 heavy (non-hydrogen) atoms. The molecule has 3 nitrogen and oxygen atoms in total. The summed E-state index contributed by atoms with van der Waals surface area (Å²) in [5, 5.41) is 6.16. The van der Waals surface area contributed by atoms with E-state index in [9.17, 15) is 4.79 Å². The van der Waals surface area contributed by atoms with Crippen molar-refractivity contribution >= 4 is 17.7 Å². The summed E-state index contributed by atoms with van der Waals surface area (Å²) >= 11 is 0. The van der Waals surface area contributed by atoms with Gasteiger partial charge in [-0.15, -0.1) is 0 Å². The molecule has 0 aromatic heterocycles. The van der Waals surface area contributed by atoms with Crippen molar-refractivity contribution in [2.75, 3.05) is 11.9 Å². The van der Waals surface area contributed by atoms with Gasteiger partial charge in [-0.3, -0.25) is 4.79 Å². The molecule has 70 valence electrons. The highest BCUT2D eigenvalue weighted by molar-refractivity contribution is 6.04. The standard InChI is InChI=1S/C11H10N2O/c14-11-8-5-7-3-1-2-4-9(7)13-10(8)6-12-11/h1-5,10,13H,6H2,(H,12,14)/t10-/m0/s1. The van der Waals surface area contributed by atoms with Gasteiger partial charge in [0.25, 0.3) is 0 Å². The fraction of sp³-hybridized carbons (Fsp3) is 0.182. The van der Waals surface area contributed by atoms with Crippen molar-refractivity contribution in [1.82, 2.24) is 5.32 Å². The quantitative estimate of drug-likeness (QED) is 0.634. The van der Waals surface area contributed by atoms with Crippen molar-refractivity contribution in [2.24, 2.45) is 0 Å². The maximum Gasteiger partial charge on any atom is 0.249 e. The molecule has 2 aliphatic heterocycles. The minimum Gasteiger partial charge on any atom is -0.376 e. The number of rotatable bonds is 0. The lowest BCUT2D eigenvalue weighted by atomic mass is 10.00. The van der Waals surface area contributed by atoms with Crippen LogP contribution >= 0.6 is 0 Å². The Kier molecular flexibility index (Phi) is 1.42. The fourth-order valence-corrected chi connectivity index (χ4v) is 1.97. The molecule has 0 aliphatic carbocycles. The van der Waals surface area contributed by atoms with Gasteiger partial charge in [-0.25, -0.2) is 0 Å². The van der Waals surface area contributed by atoms with E-state index in [-0.39, 0.29) is 11.9 Å². The number of carbonyl (C=O) groups is 1. The van der Waals surface area contributed by atoms with Crippen molar-refractivity contribution in [3.63, 3.8) is 0 Å². The summed E-state index contributed by atoms with van der Waals surface area (Å²) in [6.07, 6.45) is 1.97. The van der Waals surface area contributed by atoms with E-state index in [1.807, 2.05) is 30.3 Å². The van der Waals surface area contributed by atoms with E-state index in [0.717, 1.165) is 16.8 Å². The van der Waals surface area contributed by atoms with Crippen molar-refractivity contribution < 1.29 is 4.79 Å². The van der Waals surface area contributed by atoms with E-state index in [1.165, 1.54) is 0 Å². The first kappa shape index (κ1) is 7.62. The van der Waals surface area contributed by atoms with Crippen LogP contribution in [0.25, 0.3) is 6.08 Å². The van der Waals surface area contributed by atoms with Crippen LogP contribution in [0.15, 0.2) is 29.8 Å². The molecule has 0 spiro atoms. The molecule has 1 atom stereocenters. The molecule has 1 saturated heterocycles. The molecule has 3 rings (SSSR count). The van der Waals surface area contributed by atoms with Gasteiger partial charge in [-0.05, 0) is 17.7 Å². The number of hydrogen-bond donors (Lipinski definition) is 2. The van der Waals surface area contributed by atoms with Crippen LogP contribution in [0.4, 0.5) is 5.69 Å². The Labute approximate surface area is 81.8 Å². The van der Waals surface area contributed by atoms with Gasteiger partial charge in [0.2, 0.25) is 5.91 Å². The van der Waals surface area contributed by atoms with Gasteiger partial charge in [-0.1, -0.05) is 18.2 Å². The average Bonchev–Trinajstić information content (AvgIpc) is 2.57. The number of nitrogens with one attached hydrogen (secondary N) is 2. The maximum absolute atomic E-state index is 11.4. The Morgan fingerprint density at radius 1 is 1.29 bits per heavy atom. The zero-order chi connectivity index (χ0) is 9.54. The molecule has 0 unspecified atom stereocenters. The fourth-order valence-electron chi connectivity index (χ4n) is 1.97. The summed E-state index contributed by atoms with van der Waals surface area (Å²) in [5.41, 5.74) is 3.05. The second kappa shape index (κ2) is 2.61. The summed E-state index contributed by atoms with van der Waals surface area (Å²) in [5.74, 6) is 0.0528. The lowest BCUT2D eigenvalue weighted by Crippen LogP contribution is -2.25. The summed E-state index contributed by atoms with van der Waals surface area (Å²) < 4.78 is 0. The minimum absolute atomic E-state index is 0.0528. The molecular weight excluding hydrogens is 176 g/mol. The van der Waals surface area contributed by atoms with Gasteiger partial charge in [-0.2, -0.15) is 0 Å². The molecule has 1 aromatic carbocycles. The van der Waals surface area contributed by atoms with Gasteiger partial charge in [0.1, 0.15) is 0 Å². The smallest absolute Gasteiger partial charge is 0.249 e. The molecule has 0 radical (unpaired) electrons. The lowest BCUT2D eigenvalue weighted by Gasteiger charge is -2.20. The minimum atomic E-state index is 0.0528. The second-order valence-corrected chi connectivity index (χ2v) is 3.59. The number of fused-ring (bicyclic) bond motifs is 2. The molecule has 1 fully saturated rings. The topological polar surface area (TPSA) is 41.1 Å². The van der Waals surface area contributed by atoms with Crippen molar-refractivity contribution in [2.45, 2.75) is 6.04 Å². The highest BCUT2D eigenvalue weighted by atomic mass is 16.2. The first-order chi connectivity index (χ1) is 6.84. The van der Waals surface area contributed by atoms with E-state index in [1.54, 1.807) is 0 Å². The largest absolute Gasteiger partial charge is 0.376 e. The van der Waals surface area contributed by atoms with E-state index in [2.05, 4.69) is 10.6 Å². The summed E-state index contributed by atoms with van der Waals surface area (Å²) in [6, 6.07) is 8.17. The van der Waals surface area contributed by atoms with Crippen LogP contribution in [0, 0.1) is 0 Å². The zero-order valence-corrected chi connectivity index (χ0v) is 7.58. The Bertz CT molecular complexity index is 437. The third kappa shape index (κ3) is 0.954. The Morgan fingerprint density at radius 3 is 3.07 bits per heavy atom. The van der Waals surface area contributed by atoms with Crippen molar-refractivity contribution in [3.05, 3.63) is 35.4 Å². The number of anilines is 1. The first-order valence-corrected chi connectivity index (χ1v) is 4.70. The molecule has 2 aliphatic rings. The third-order valence-corrected chi connectivity index (χ3v) is 2.71. The molecule has 0 bridgehead atoms. The molecule has 2 heterocycles. The number of hydrogen-bond acceptors (Lipinski definition) is 2. The lowest BCUT2D eigenvalue weighted by molar-refractivity contribution is -0.116. The number of amides is 1. The van der Waals surface area contributed by atoms with Gasteiger partial charge in [0, 0.05) is 17.8 Å². The molecule has 1 amide bonds. The van der Waals surface area contributed by atoms with Gasteiger partial charge in [0.05, 0.1) is 6.04 Å². The van der Waals surface area contributed by atoms with Crippen LogP contribution < -0.4 is 10.6 Å². The number of para-hydroxylation sites is 1. The Morgan fingerprint density at radius 2 is 2.14 bits per heavy atom. The molecule has 0 saturated carbocycles. The SMILES string of the molecule is O=C1NC[C@@H]2Nc3ccccc3C=C12. The Hall–Kier alpha value is -1.77. The third-order valence-electron chi connectivity index (χ3n) is 2.71. The summed E-state index contributed by atoms with van der Waals surface area (Å²) in [4.78, 5) is 11.4. The van der Waals surface area contributed by atoms with Gasteiger partial charge < -0.3 is 10.6 Å². The number of benzene rings is 1. The van der Waals surface area contributed by atoms with Gasteiger partial charge >= 0.3 is 0 Å². The van der Waals surface area contributed by atoms with Crippen LogP contribution in [0.1, 0.15) is 5.56 Å². The highest BCUT2D eigenvalue weighted by Crippen LogP contribution is 2.28. The highest BCUT2D eigenvalue weighted by Gasteiger charge is 2.30. The van der Waals surface area contributed by atoms with E-state index >= 15 is 0 Å². The molecule has 2 N–H and O–H groups in total. The predicted octanol–water partition coefficient (Wildman–Crippen LogP) is 0.994. The Balaban J connectivity index is 2.13. The van der Waals surface area contributed by atoms with E-state index in [0.29, 0.717) is 6.54 Å². The molecular formula is C11H10N2O. The van der Waals surface area contributed by atoms with Crippen LogP contribution in [0.3, 0.4) is 0 Å². The van der Waals surface area contributed by atoms with E-state index in [4.69, 9.17) is 0 Å². The monoisotopic (exact) mass is 186 g/mol. The van der Waals surface area contributed by atoms with E-state index < -0.39 is 0 Å². The summed E-state index contributed by atoms with van der Waals surface area (Å²) in [7, 11) is 0.